The van der Waals surface area contributed by atoms with Crippen LogP contribution in [0.1, 0.15) is 23.8 Å². The van der Waals surface area contributed by atoms with Crippen molar-refractivity contribution in [3.63, 3.8) is 0 Å². The van der Waals surface area contributed by atoms with Crippen molar-refractivity contribution in [2.45, 2.75) is 26.8 Å². The van der Waals surface area contributed by atoms with Gasteiger partial charge in [-0.2, -0.15) is 0 Å². The molecule has 0 saturated heterocycles. The van der Waals surface area contributed by atoms with Crippen LogP contribution < -0.4 is 5.32 Å². The molecule has 0 unspecified atom stereocenters. The van der Waals surface area contributed by atoms with Gasteiger partial charge in [0.15, 0.2) is 0 Å². The Kier molecular flexibility index (Phi) is 3.56. The SMILES string of the molecule is CCCNCc1sc2c(F)cccc2c1C. The Morgan fingerprint density at radius 2 is 2.19 bits per heavy atom. The first-order chi connectivity index (χ1) is 7.74. The fourth-order valence-electron chi connectivity index (χ4n) is 1.81. The van der Waals surface area contributed by atoms with Crippen LogP contribution in [-0.4, -0.2) is 6.54 Å². The number of nitrogens with one attached hydrogen (secondary N) is 1. The van der Waals surface area contributed by atoms with Gasteiger partial charge in [-0.05, 0) is 36.9 Å². The summed E-state index contributed by atoms with van der Waals surface area (Å²) >= 11 is 1.56. The molecule has 1 heterocycles. The molecule has 0 aliphatic rings. The van der Waals surface area contributed by atoms with Crippen LogP contribution in [0.25, 0.3) is 10.1 Å². The van der Waals surface area contributed by atoms with Gasteiger partial charge < -0.3 is 5.32 Å². The number of hydrogen-bond donors (Lipinski definition) is 1. The van der Waals surface area contributed by atoms with Gasteiger partial charge >= 0.3 is 0 Å². The van der Waals surface area contributed by atoms with E-state index in [1.165, 1.54) is 16.5 Å². The lowest BCUT2D eigenvalue weighted by Gasteiger charge is -2.01. The minimum atomic E-state index is -0.104. The number of fused-ring (bicyclic) bond motifs is 1. The standard InChI is InChI=1S/C13H16FNS/c1-3-7-15-8-12-9(2)10-5-4-6-11(14)13(10)16-12/h4-6,15H,3,7-8H2,1-2H3. The lowest BCUT2D eigenvalue weighted by Crippen LogP contribution is -2.13. The molecule has 0 aliphatic carbocycles. The highest BCUT2D eigenvalue weighted by atomic mass is 32.1. The summed E-state index contributed by atoms with van der Waals surface area (Å²) in [7, 11) is 0. The third-order valence-electron chi connectivity index (χ3n) is 2.73. The first-order valence-electron chi connectivity index (χ1n) is 5.61. The van der Waals surface area contributed by atoms with E-state index in [1.807, 2.05) is 6.07 Å². The molecule has 16 heavy (non-hydrogen) atoms. The average molecular weight is 237 g/mol. The molecule has 2 rings (SSSR count). The molecular formula is C13H16FNS. The third-order valence-corrected chi connectivity index (χ3v) is 4.04. The summed E-state index contributed by atoms with van der Waals surface area (Å²) in [5.41, 5.74) is 1.21. The molecule has 0 aliphatic heterocycles. The molecule has 0 spiro atoms. The molecule has 0 atom stereocenters. The first-order valence-corrected chi connectivity index (χ1v) is 6.43. The van der Waals surface area contributed by atoms with Crippen LogP contribution in [0.2, 0.25) is 0 Å². The zero-order valence-corrected chi connectivity index (χ0v) is 10.5. The predicted molar refractivity (Wildman–Crippen MR) is 68.5 cm³/mol. The fourth-order valence-corrected chi connectivity index (χ4v) is 2.99. The number of benzene rings is 1. The summed E-state index contributed by atoms with van der Waals surface area (Å²) in [6, 6.07) is 5.30. The monoisotopic (exact) mass is 237 g/mol. The van der Waals surface area contributed by atoms with Crippen molar-refractivity contribution in [3.05, 3.63) is 34.5 Å². The highest BCUT2D eigenvalue weighted by Crippen LogP contribution is 2.32. The van der Waals surface area contributed by atoms with E-state index in [2.05, 4.69) is 19.2 Å². The van der Waals surface area contributed by atoms with E-state index in [1.54, 1.807) is 17.4 Å². The summed E-state index contributed by atoms with van der Waals surface area (Å²) in [4.78, 5) is 1.24. The number of halogens is 1. The first kappa shape index (κ1) is 11.6. The normalized spacial score (nSPS) is 11.2. The van der Waals surface area contributed by atoms with Crippen molar-refractivity contribution in [2.24, 2.45) is 0 Å². The van der Waals surface area contributed by atoms with Gasteiger partial charge in [0.25, 0.3) is 0 Å². The van der Waals surface area contributed by atoms with Gasteiger partial charge in [0.1, 0.15) is 5.82 Å². The van der Waals surface area contributed by atoms with E-state index in [9.17, 15) is 4.39 Å². The van der Waals surface area contributed by atoms with Crippen LogP contribution in [0.4, 0.5) is 4.39 Å². The Morgan fingerprint density at radius 3 is 2.88 bits per heavy atom. The second-order valence-electron chi connectivity index (χ2n) is 3.94. The van der Waals surface area contributed by atoms with Crippen LogP contribution in [0.5, 0.6) is 0 Å². The topological polar surface area (TPSA) is 12.0 Å². The molecule has 0 radical (unpaired) electrons. The highest BCUT2D eigenvalue weighted by molar-refractivity contribution is 7.19. The van der Waals surface area contributed by atoms with E-state index in [0.29, 0.717) is 0 Å². The van der Waals surface area contributed by atoms with Crippen molar-refractivity contribution < 1.29 is 4.39 Å². The third kappa shape index (κ3) is 2.11. The number of rotatable bonds is 4. The maximum absolute atomic E-state index is 13.6. The zero-order chi connectivity index (χ0) is 11.5. The van der Waals surface area contributed by atoms with Gasteiger partial charge in [0.05, 0.1) is 4.70 Å². The van der Waals surface area contributed by atoms with Gasteiger partial charge in [-0.1, -0.05) is 19.1 Å². The van der Waals surface area contributed by atoms with E-state index < -0.39 is 0 Å². The fraction of sp³-hybridized carbons (Fsp3) is 0.385. The Morgan fingerprint density at radius 1 is 1.38 bits per heavy atom. The second-order valence-corrected chi connectivity index (χ2v) is 5.05. The predicted octanol–water partition coefficient (Wildman–Crippen LogP) is 3.85. The summed E-state index contributed by atoms with van der Waals surface area (Å²) in [6.07, 6.45) is 1.12. The van der Waals surface area contributed by atoms with Gasteiger partial charge in [0.2, 0.25) is 0 Å². The van der Waals surface area contributed by atoms with E-state index in [0.717, 1.165) is 29.6 Å². The lowest BCUT2D eigenvalue weighted by molar-refractivity contribution is 0.641. The largest absolute Gasteiger partial charge is 0.312 e. The number of hydrogen-bond acceptors (Lipinski definition) is 2. The Bertz CT molecular complexity index is 490. The number of aryl methyl sites for hydroxylation is 1. The van der Waals surface area contributed by atoms with Crippen molar-refractivity contribution >= 4 is 21.4 Å². The van der Waals surface area contributed by atoms with Crippen molar-refractivity contribution in [2.75, 3.05) is 6.54 Å². The summed E-state index contributed by atoms with van der Waals surface area (Å²) in [5, 5.41) is 4.41. The quantitative estimate of drug-likeness (QED) is 0.796. The van der Waals surface area contributed by atoms with Gasteiger partial charge in [-0.3, -0.25) is 0 Å². The van der Waals surface area contributed by atoms with Gasteiger partial charge in [-0.25, -0.2) is 4.39 Å². The Labute approximate surface area is 99.3 Å². The van der Waals surface area contributed by atoms with Gasteiger partial charge in [-0.15, -0.1) is 11.3 Å². The Hall–Kier alpha value is -0.930. The number of thiophene rings is 1. The molecule has 1 N–H and O–H groups in total. The molecule has 0 amide bonds. The maximum atomic E-state index is 13.6. The molecule has 0 fully saturated rings. The molecular weight excluding hydrogens is 221 g/mol. The summed E-state index contributed by atoms with van der Waals surface area (Å²) < 4.78 is 14.3. The van der Waals surface area contributed by atoms with Crippen LogP contribution >= 0.6 is 11.3 Å². The lowest BCUT2D eigenvalue weighted by atomic mass is 10.1. The molecule has 1 nitrogen and oxygen atoms in total. The maximum Gasteiger partial charge on any atom is 0.141 e. The average Bonchev–Trinajstić information content (AvgIpc) is 2.59. The van der Waals surface area contributed by atoms with Crippen LogP contribution in [-0.2, 0) is 6.54 Å². The summed E-state index contributed by atoms with van der Waals surface area (Å²) in [5.74, 6) is -0.104. The smallest absolute Gasteiger partial charge is 0.141 e. The van der Waals surface area contributed by atoms with Crippen LogP contribution in [0, 0.1) is 12.7 Å². The molecule has 86 valence electrons. The molecule has 1 aromatic carbocycles. The second kappa shape index (κ2) is 4.93. The van der Waals surface area contributed by atoms with Crippen molar-refractivity contribution in [3.8, 4) is 0 Å². The minimum Gasteiger partial charge on any atom is -0.312 e. The van der Waals surface area contributed by atoms with Crippen molar-refractivity contribution in [1.82, 2.24) is 5.32 Å². The van der Waals surface area contributed by atoms with E-state index in [4.69, 9.17) is 0 Å². The van der Waals surface area contributed by atoms with E-state index >= 15 is 0 Å². The zero-order valence-electron chi connectivity index (χ0n) is 9.64. The summed E-state index contributed by atoms with van der Waals surface area (Å²) in [6.45, 7) is 6.07. The van der Waals surface area contributed by atoms with E-state index in [-0.39, 0.29) is 5.82 Å². The minimum absolute atomic E-state index is 0.104. The van der Waals surface area contributed by atoms with Crippen LogP contribution in [0.3, 0.4) is 0 Å². The van der Waals surface area contributed by atoms with Crippen molar-refractivity contribution in [1.29, 1.82) is 0 Å². The Balaban J connectivity index is 2.33. The van der Waals surface area contributed by atoms with Gasteiger partial charge in [0, 0.05) is 11.4 Å². The molecule has 0 bridgehead atoms. The highest BCUT2D eigenvalue weighted by Gasteiger charge is 2.10. The molecule has 3 heteroatoms. The van der Waals surface area contributed by atoms with Crippen LogP contribution in [0.15, 0.2) is 18.2 Å². The molecule has 2 aromatic rings. The molecule has 1 aromatic heterocycles. The molecule has 0 saturated carbocycles.